The van der Waals surface area contributed by atoms with Crippen LogP contribution in [0.5, 0.6) is 0 Å². The number of amides is 1. The first kappa shape index (κ1) is 14.0. The van der Waals surface area contributed by atoms with Gasteiger partial charge in [-0.25, -0.2) is 13.6 Å². The molecule has 6 nitrogen and oxygen atoms in total. The molecule has 0 aliphatic carbocycles. The SMILES string of the molecule is Cc1ccc(NC(=O)[C@@H]2CCCN2)cc1S(N)(=O)=O. The van der Waals surface area contributed by atoms with Crippen molar-refractivity contribution < 1.29 is 13.2 Å². The summed E-state index contributed by atoms with van der Waals surface area (Å²) in [6, 6.07) is 4.46. The van der Waals surface area contributed by atoms with E-state index in [2.05, 4.69) is 10.6 Å². The van der Waals surface area contributed by atoms with Gasteiger partial charge < -0.3 is 10.6 Å². The Morgan fingerprint density at radius 3 is 2.79 bits per heavy atom. The van der Waals surface area contributed by atoms with Gasteiger partial charge in [-0.1, -0.05) is 6.07 Å². The molecule has 4 N–H and O–H groups in total. The van der Waals surface area contributed by atoms with E-state index in [1.807, 2.05) is 0 Å². The van der Waals surface area contributed by atoms with Crippen LogP contribution in [0.3, 0.4) is 0 Å². The van der Waals surface area contributed by atoms with Crippen molar-refractivity contribution in [3.63, 3.8) is 0 Å². The van der Waals surface area contributed by atoms with Gasteiger partial charge in [0, 0.05) is 5.69 Å². The second-order valence-electron chi connectivity index (χ2n) is 4.66. The molecule has 1 aromatic carbocycles. The normalized spacial score (nSPS) is 19.4. The Hall–Kier alpha value is -1.44. The van der Waals surface area contributed by atoms with Crippen LogP contribution in [0.1, 0.15) is 18.4 Å². The molecule has 2 rings (SSSR count). The van der Waals surface area contributed by atoms with E-state index in [0.717, 1.165) is 19.4 Å². The zero-order valence-corrected chi connectivity index (χ0v) is 11.5. The first-order valence-corrected chi connectivity index (χ1v) is 7.60. The van der Waals surface area contributed by atoms with Gasteiger partial charge in [0.25, 0.3) is 0 Å². The van der Waals surface area contributed by atoms with Crippen LogP contribution >= 0.6 is 0 Å². The fraction of sp³-hybridized carbons (Fsp3) is 0.417. The van der Waals surface area contributed by atoms with Crippen molar-refractivity contribution in [3.8, 4) is 0 Å². The van der Waals surface area contributed by atoms with Gasteiger partial charge in [-0.05, 0) is 44.0 Å². The third-order valence-corrected chi connectivity index (χ3v) is 4.19. The highest BCUT2D eigenvalue weighted by Gasteiger charge is 2.22. The van der Waals surface area contributed by atoms with E-state index in [9.17, 15) is 13.2 Å². The largest absolute Gasteiger partial charge is 0.325 e. The first-order chi connectivity index (χ1) is 8.88. The van der Waals surface area contributed by atoms with Crippen LogP contribution in [0.2, 0.25) is 0 Å². The Bertz CT molecular complexity index is 592. The molecule has 7 heteroatoms. The van der Waals surface area contributed by atoms with Gasteiger partial charge in [-0.15, -0.1) is 0 Å². The van der Waals surface area contributed by atoms with Gasteiger partial charge in [-0.3, -0.25) is 4.79 Å². The molecule has 1 aliphatic heterocycles. The number of hydrogen-bond donors (Lipinski definition) is 3. The van der Waals surface area contributed by atoms with Gasteiger partial charge in [0.2, 0.25) is 15.9 Å². The predicted octanol–water partition coefficient (Wildman–Crippen LogP) is 0.333. The van der Waals surface area contributed by atoms with E-state index in [-0.39, 0.29) is 16.8 Å². The monoisotopic (exact) mass is 283 g/mol. The second kappa shape index (κ2) is 5.28. The summed E-state index contributed by atoms with van der Waals surface area (Å²) in [6.07, 6.45) is 1.76. The summed E-state index contributed by atoms with van der Waals surface area (Å²) in [7, 11) is -3.78. The Morgan fingerprint density at radius 1 is 1.47 bits per heavy atom. The summed E-state index contributed by atoms with van der Waals surface area (Å²) < 4.78 is 22.8. The minimum atomic E-state index is -3.78. The number of nitrogens with one attached hydrogen (secondary N) is 2. The highest BCUT2D eigenvalue weighted by molar-refractivity contribution is 7.89. The average molecular weight is 283 g/mol. The number of sulfonamides is 1. The van der Waals surface area contributed by atoms with Gasteiger partial charge >= 0.3 is 0 Å². The maximum absolute atomic E-state index is 11.9. The Labute approximate surface area is 112 Å². The predicted molar refractivity (Wildman–Crippen MR) is 72.2 cm³/mol. The van der Waals surface area contributed by atoms with Crippen LogP contribution in [0.4, 0.5) is 5.69 Å². The van der Waals surface area contributed by atoms with Crippen molar-refractivity contribution in [2.75, 3.05) is 11.9 Å². The van der Waals surface area contributed by atoms with Crippen molar-refractivity contribution in [1.82, 2.24) is 5.32 Å². The highest BCUT2D eigenvalue weighted by Crippen LogP contribution is 2.19. The Balaban J connectivity index is 2.19. The average Bonchev–Trinajstić information content (AvgIpc) is 2.83. The molecule has 0 unspecified atom stereocenters. The van der Waals surface area contributed by atoms with Crippen molar-refractivity contribution in [2.45, 2.75) is 30.7 Å². The number of hydrogen-bond acceptors (Lipinski definition) is 4. The lowest BCUT2D eigenvalue weighted by molar-refractivity contribution is -0.117. The summed E-state index contributed by atoms with van der Waals surface area (Å²) >= 11 is 0. The molecular formula is C12H17N3O3S. The molecule has 1 aromatic rings. The van der Waals surface area contributed by atoms with Crippen LogP contribution in [0.15, 0.2) is 23.1 Å². The molecule has 0 saturated carbocycles. The summed E-state index contributed by atoms with van der Waals surface area (Å²) in [5, 5.41) is 10.9. The molecule has 19 heavy (non-hydrogen) atoms. The van der Waals surface area contributed by atoms with Crippen molar-refractivity contribution >= 4 is 21.6 Å². The molecule has 1 amide bonds. The van der Waals surface area contributed by atoms with E-state index in [4.69, 9.17) is 5.14 Å². The third-order valence-electron chi connectivity index (χ3n) is 3.14. The van der Waals surface area contributed by atoms with Gasteiger partial charge in [-0.2, -0.15) is 0 Å². The third kappa shape index (κ3) is 3.31. The Morgan fingerprint density at radius 2 is 2.21 bits per heavy atom. The maximum Gasteiger partial charge on any atom is 0.241 e. The number of aryl methyl sites for hydroxylation is 1. The van der Waals surface area contributed by atoms with Crippen molar-refractivity contribution in [2.24, 2.45) is 5.14 Å². The summed E-state index contributed by atoms with van der Waals surface area (Å²) in [5.41, 5.74) is 0.993. The quantitative estimate of drug-likeness (QED) is 0.744. The number of nitrogens with two attached hydrogens (primary N) is 1. The minimum Gasteiger partial charge on any atom is -0.325 e. The molecular weight excluding hydrogens is 266 g/mol. The van der Waals surface area contributed by atoms with Crippen LogP contribution in [0.25, 0.3) is 0 Å². The zero-order chi connectivity index (χ0) is 14.0. The van der Waals surface area contributed by atoms with Crippen LogP contribution in [0, 0.1) is 6.92 Å². The van der Waals surface area contributed by atoms with Gasteiger partial charge in [0.05, 0.1) is 10.9 Å². The lowest BCUT2D eigenvalue weighted by Gasteiger charge is -2.12. The van der Waals surface area contributed by atoms with E-state index in [0.29, 0.717) is 11.3 Å². The molecule has 0 aromatic heterocycles. The maximum atomic E-state index is 11.9. The number of benzene rings is 1. The van der Waals surface area contributed by atoms with Crippen LogP contribution in [-0.4, -0.2) is 26.9 Å². The fourth-order valence-corrected chi connectivity index (χ4v) is 2.93. The van der Waals surface area contributed by atoms with E-state index >= 15 is 0 Å². The number of rotatable bonds is 3. The number of carbonyl (C=O) groups is 1. The van der Waals surface area contributed by atoms with E-state index in [1.54, 1.807) is 19.1 Å². The zero-order valence-electron chi connectivity index (χ0n) is 10.6. The van der Waals surface area contributed by atoms with E-state index in [1.165, 1.54) is 6.07 Å². The summed E-state index contributed by atoms with van der Waals surface area (Å²) in [5.74, 6) is -0.151. The highest BCUT2D eigenvalue weighted by atomic mass is 32.2. The Kier molecular flexibility index (Phi) is 3.88. The lowest BCUT2D eigenvalue weighted by atomic mass is 10.2. The number of primary sulfonamides is 1. The molecule has 1 heterocycles. The molecule has 104 valence electrons. The summed E-state index contributed by atoms with van der Waals surface area (Å²) in [4.78, 5) is 11.9. The molecule has 1 saturated heterocycles. The van der Waals surface area contributed by atoms with Crippen LogP contribution < -0.4 is 15.8 Å². The molecule has 0 radical (unpaired) electrons. The second-order valence-corrected chi connectivity index (χ2v) is 6.19. The lowest BCUT2D eigenvalue weighted by Crippen LogP contribution is -2.35. The molecule has 0 bridgehead atoms. The van der Waals surface area contributed by atoms with Gasteiger partial charge in [0.1, 0.15) is 0 Å². The number of carbonyl (C=O) groups excluding carboxylic acids is 1. The molecule has 1 aliphatic rings. The topological polar surface area (TPSA) is 101 Å². The standard InChI is InChI=1S/C12H17N3O3S/c1-8-4-5-9(7-11(8)19(13,17)18)15-12(16)10-3-2-6-14-10/h4-5,7,10,14H,2-3,6H2,1H3,(H,15,16)(H2,13,17,18)/t10-/m0/s1. The van der Waals surface area contributed by atoms with Gasteiger partial charge in [0.15, 0.2) is 0 Å². The van der Waals surface area contributed by atoms with E-state index < -0.39 is 10.0 Å². The van der Waals surface area contributed by atoms with Crippen molar-refractivity contribution in [3.05, 3.63) is 23.8 Å². The molecule has 0 spiro atoms. The molecule has 1 fully saturated rings. The van der Waals surface area contributed by atoms with Crippen LogP contribution in [-0.2, 0) is 14.8 Å². The summed E-state index contributed by atoms with van der Waals surface area (Å²) in [6.45, 7) is 2.48. The number of anilines is 1. The minimum absolute atomic E-state index is 0.0321. The smallest absolute Gasteiger partial charge is 0.241 e. The fourth-order valence-electron chi connectivity index (χ4n) is 2.12. The van der Waals surface area contributed by atoms with Crippen molar-refractivity contribution in [1.29, 1.82) is 0 Å². The molecule has 1 atom stereocenters. The first-order valence-electron chi connectivity index (χ1n) is 6.05.